The molecule has 1 atom stereocenters. The summed E-state index contributed by atoms with van der Waals surface area (Å²) in [6.45, 7) is 6.07. The van der Waals surface area contributed by atoms with Crippen LogP contribution in [0.1, 0.15) is 25.2 Å². The van der Waals surface area contributed by atoms with Crippen LogP contribution in [0.2, 0.25) is 0 Å². The molecule has 148 valence electrons. The van der Waals surface area contributed by atoms with E-state index in [2.05, 4.69) is 20.6 Å². The highest BCUT2D eigenvalue weighted by atomic mass is 16.5. The lowest BCUT2D eigenvalue weighted by Gasteiger charge is -2.22. The van der Waals surface area contributed by atoms with Crippen molar-refractivity contribution in [2.45, 2.75) is 26.0 Å². The summed E-state index contributed by atoms with van der Waals surface area (Å²) in [4.78, 5) is 8.78. The van der Waals surface area contributed by atoms with E-state index in [4.69, 9.17) is 13.9 Å². The molecule has 0 fully saturated rings. The van der Waals surface area contributed by atoms with Gasteiger partial charge in [-0.25, -0.2) is 9.98 Å². The monoisotopic (exact) mass is 376 g/mol. The molecule has 0 aliphatic heterocycles. The normalized spacial score (nSPS) is 13.9. The summed E-state index contributed by atoms with van der Waals surface area (Å²) >= 11 is 0. The van der Waals surface area contributed by atoms with Gasteiger partial charge >= 0.3 is 0 Å². The lowest BCUT2D eigenvalue weighted by molar-refractivity contribution is 0.0386. The van der Waals surface area contributed by atoms with Gasteiger partial charge in [0.1, 0.15) is 18.0 Å². The lowest BCUT2D eigenvalue weighted by atomic mass is 10.0. The van der Waals surface area contributed by atoms with Crippen molar-refractivity contribution in [3.05, 3.63) is 48.0 Å². The van der Waals surface area contributed by atoms with Crippen molar-refractivity contribution in [1.82, 2.24) is 15.6 Å². The predicted molar refractivity (Wildman–Crippen MR) is 103 cm³/mol. The Morgan fingerprint density at radius 2 is 2.15 bits per heavy atom. The Morgan fingerprint density at radius 1 is 1.30 bits per heavy atom. The van der Waals surface area contributed by atoms with E-state index in [-0.39, 0.29) is 6.54 Å². The van der Waals surface area contributed by atoms with Crippen molar-refractivity contribution < 1.29 is 19.0 Å². The zero-order valence-corrected chi connectivity index (χ0v) is 16.1. The number of aliphatic imine (C=N–C) groups is 1. The van der Waals surface area contributed by atoms with Gasteiger partial charge in [-0.3, -0.25) is 0 Å². The number of guanidine groups is 1. The number of methoxy groups -OCH3 is 1. The van der Waals surface area contributed by atoms with Crippen LogP contribution in [0, 0.1) is 0 Å². The Balaban J connectivity index is 1.90. The van der Waals surface area contributed by atoms with Crippen LogP contribution < -0.4 is 15.4 Å². The quantitative estimate of drug-likeness (QED) is 0.329. The molecule has 2 aromatic rings. The van der Waals surface area contributed by atoms with E-state index in [0.29, 0.717) is 43.9 Å². The molecule has 0 radical (unpaired) electrons. The number of nitrogens with zero attached hydrogens (tertiary/aromatic N) is 2. The molecule has 0 spiro atoms. The van der Waals surface area contributed by atoms with E-state index in [1.807, 2.05) is 19.1 Å². The topological polar surface area (TPSA) is 101 Å². The molecule has 0 aliphatic rings. The molecule has 8 nitrogen and oxygen atoms in total. The van der Waals surface area contributed by atoms with Gasteiger partial charge in [-0.1, -0.05) is 6.07 Å². The molecule has 27 heavy (non-hydrogen) atoms. The SMILES string of the molecule is CCNC(=NCc1ccc(OCCOC)nc1)NCC(C)(O)c1ccco1. The molecular weight excluding hydrogens is 348 g/mol. The van der Waals surface area contributed by atoms with Crippen molar-refractivity contribution >= 4 is 5.96 Å². The van der Waals surface area contributed by atoms with E-state index in [1.165, 1.54) is 0 Å². The fraction of sp³-hybridized carbons (Fsp3) is 0.474. The Kier molecular flexibility index (Phi) is 8.09. The van der Waals surface area contributed by atoms with Gasteiger partial charge in [0.15, 0.2) is 5.96 Å². The molecule has 2 heterocycles. The molecule has 1 unspecified atom stereocenters. The standard InChI is InChI=1S/C19H28N4O4/c1-4-20-18(23-14-19(2,24)16-6-5-9-26-16)22-13-15-7-8-17(21-12-15)27-11-10-25-3/h5-9,12,24H,4,10-11,13-14H2,1-3H3,(H2,20,22,23). The Bertz CT molecular complexity index is 684. The minimum atomic E-state index is -1.14. The molecule has 2 rings (SSSR count). The summed E-state index contributed by atoms with van der Waals surface area (Å²) in [5.41, 5.74) is -0.188. The van der Waals surface area contributed by atoms with Crippen LogP contribution in [-0.2, 0) is 16.9 Å². The van der Waals surface area contributed by atoms with E-state index in [1.54, 1.807) is 38.6 Å². The van der Waals surface area contributed by atoms with Crippen LogP contribution in [0.4, 0.5) is 0 Å². The number of hydrogen-bond donors (Lipinski definition) is 3. The van der Waals surface area contributed by atoms with E-state index in [0.717, 1.165) is 5.56 Å². The van der Waals surface area contributed by atoms with Crippen molar-refractivity contribution in [2.24, 2.45) is 4.99 Å². The highest BCUT2D eigenvalue weighted by molar-refractivity contribution is 5.79. The second kappa shape index (κ2) is 10.5. The summed E-state index contributed by atoms with van der Waals surface area (Å²) in [5.74, 6) is 1.66. The smallest absolute Gasteiger partial charge is 0.213 e. The fourth-order valence-electron chi connectivity index (χ4n) is 2.26. The van der Waals surface area contributed by atoms with Crippen LogP contribution in [-0.4, -0.2) is 49.5 Å². The Morgan fingerprint density at radius 3 is 2.78 bits per heavy atom. The first-order valence-corrected chi connectivity index (χ1v) is 8.90. The minimum absolute atomic E-state index is 0.261. The first-order valence-electron chi connectivity index (χ1n) is 8.90. The molecule has 0 bridgehead atoms. The van der Waals surface area contributed by atoms with Crippen molar-refractivity contribution in [1.29, 1.82) is 0 Å². The third-order valence-electron chi connectivity index (χ3n) is 3.75. The number of hydrogen-bond acceptors (Lipinski definition) is 6. The van der Waals surface area contributed by atoms with E-state index < -0.39 is 5.60 Å². The van der Waals surface area contributed by atoms with E-state index in [9.17, 15) is 5.11 Å². The molecule has 0 amide bonds. The van der Waals surface area contributed by atoms with Crippen LogP contribution in [0.15, 0.2) is 46.1 Å². The van der Waals surface area contributed by atoms with Crippen LogP contribution >= 0.6 is 0 Å². The molecule has 8 heteroatoms. The second-order valence-corrected chi connectivity index (χ2v) is 6.15. The summed E-state index contributed by atoms with van der Waals surface area (Å²) in [6.07, 6.45) is 3.27. The number of aliphatic hydroxyl groups is 1. The molecule has 0 aromatic carbocycles. The number of ether oxygens (including phenoxy) is 2. The number of rotatable bonds is 10. The summed E-state index contributed by atoms with van der Waals surface area (Å²) in [6, 6.07) is 7.22. The lowest BCUT2D eigenvalue weighted by Crippen LogP contribution is -2.44. The zero-order chi connectivity index (χ0) is 19.5. The van der Waals surface area contributed by atoms with Gasteiger partial charge in [0.05, 0.1) is 26.0 Å². The summed E-state index contributed by atoms with van der Waals surface area (Å²) in [5, 5.41) is 16.8. The maximum Gasteiger partial charge on any atom is 0.213 e. The Labute approximate surface area is 159 Å². The number of aromatic nitrogens is 1. The van der Waals surface area contributed by atoms with Crippen molar-refractivity contribution in [3.8, 4) is 5.88 Å². The molecule has 0 saturated heterocycles. The van der Waals surface area contributed by atoms with Gasteiger partial charge in [0, 0.05) is 25.9 Å². The van der Waals surface area contributed by atoms with Crippen LogP contribution in [0.3, 0.4) is 0 Å². The number of nitrogens with one attached hydrogen (secondary N) is 2. The molecule has 2 aromatic heterocycles. The molecule has 3 N–H and O–H groups in total. The average Bonchev–Trinajstić information content (AvgIpc) is 3.21. The first kappa shape index (κ1) is 20.7. The molecule has 0 saturated carbocycles. The van der Waals surface area contributed by atoms with Gasteiger partial charge in [-0.15, -0.1) is 0 Å². The van der Waals surface area contributed by atoms with Crippen LogP contribution in [0.25, 0.3) is 0 Å². The highest BCUT2D eigenvalue weighted by Crippen LogP contribution is 2.19. The summed E-state index contributed by atoms with van der Waals surface area (Å²) in [7, 11) is 1.63. The maximum atomic E-state index is 10.5. The number of pyridine rings is 1. The van der Waals surface area contributed by atoms with Gasteiger partial charge in [0.2, 0.25) is 5.88 Å². The first-order chi connectivity index (χ1) is 13.0. The second-order valence-electron chi connectivity index (χ2n) is 6.15. The van der Waals surface area contributed by atoms with E-state index >= 15 is 0 Å². The van der Waals surface area contributed by atoms with Gasteiger partial charge in [0.25, 0.3) is 0 Å². The highest BCUT2D eigenvalue weighted by Gasteiger charge is 2.26. The minimum Gasteiger partial charge on any atom is -0.475 e. The van der Waals surface area contributed by atoms with Gasteiger partial charge in [-0.05, 0) is 31.5 Å². The number of furan rings is 1. The van der Waals surface area contributed by atoms with Gasteiger partial charge < -0.3 is 29.6 Å². The largest absolute Gasteiger partial charge is 0.475 e. The molecular formula is C19H28N4O4. The van der Waals surface area contributed by atoms with Crippen molar-refractivity contribution in [3.63, 3.8) is 0 Å². The third-order valence-corrected chi connectivity index (χ3v) is 3.75. The predicted octanol–water partition coefficient (Wildman–Crippen LogP) is 1.66. The third kappa shape index (κ3) is 6.92. The fourth-order valence-corrected chi connectivity index (χ4v) is 2.26. The summed E-state index contributed by atoms with van der Waals surface area (Å²) < 4.78 is 15.7. The molecule has 0 aliphatic carbocycles. The van der Waals surface area contributed by atoms with Crippen LogP contribution in [0.5, 0.6) is 5.88 Å². The average molecular weight is 376 g/mol. The zero-order valence-electron chi connectivity index (χ0n) is 16.1. The maximum absolute atomic E-state index is 10.5. The van der Waals surface area contributed by atoms with Crippen molar-refractivity contribution in [2.75, 3.05) is 33.4 Å². The van der Waals surface area contributed by atoms with Gasteiger partial charge in [-0.2, -0.15) is 0 Å². The Hall–Kier alpha value is -2.58.